The third-order valence-electron chi connectivity index (χ3n) is 2.34. The van der Waals surface area contributed by atoms with Gasteiger partial charge in [0.2, 0.25) is 0 Å². The summed E-state index contributed by atoms with van der Waals surface area (Å²) < 4.78 is 5.28. The average Bonchev–Trinajstić information content (AvgIpc) is 2.38. The highest BCUT2D eigenvalue weighted by atomic mass is 16.5. The van der Waals surface area contributed by atoms with Crippen LogP contribution < -0.4 is 9.72 Å². The lowest BCUT2D eigenvalue weighted by atomic mass is 10.1. The molecule has 1 aromatic carbocycles. The number of ether oxygens (including phenoxy) is 1. The molecule has 0 unspecified atom stereocenters. The van der Waals surface area contributed by atoms with Crippen LogP contribution in [0.1, 0.15) is 11.1 Å². The zero-order valence-corrected chi connectivity index (χ0v) is 9.18. The van der Waals surface area contributed by atoms with Gasteiger partial charge in [0.25, 0.3) is 0 Å². The Labute approximate surface area is 95.2 Å². The highest BCUT2D eigenvalue weighted by Gasteiger charge is 1.96. The number of aromatic nitrogens is 1. The molecule has 0 amide bonds. The summed E-state index contributed by atoms with van der Waals surface area (Å²) in [4.78, 5) is 2.99. The van der Waals surface area contributed by atoms with Crippen molar-refractivity contribution in [2.75, 3.05) is 7.11 Å². The van der Waals surface area contributed by atoms with Gasteiger partial charge in [-0.25, -0.2) is 4.98 Å². The van der Waals surface area contributed by atoms with Crippen LogP contribution in [0.25, 0.3) is 12.2 Å². The van der Waals surface area contributed by atoms with Crippen molar-refractivity contribution in [1.29, 1.82) is 0 Å². The number of nitrogens with one attached hydrogen (secondary N) is 1. The van der Waals surface area contributed by atoms with Gasteiger partial charge < -0.3 is 4.74 Å². The Morgan fingerprint density at radius 3 is 2.50 bits per heavy atom. The lowest BCUT2D eigenvalue weighted by molar-refractivity contribution is -0.378. The summed E-state index contributed by atoms with van der Waals surface area (Å²) in [6.07, 6.45) is 7.92. The summed E-state index contributed by atoms with van der Waals surface area (Å²) in [6.45, 7) is 0. The van der Waals surface area contributed by atoms with E-state index in [1.165, 1.54) is 0 Å². The van der Waals surface area contributed by atoms with E-state index in [2.05, 4.69) is 11.1 Å². The quantitative estimate of drug-likeness (QED) is 0.767. The Morgan fingerprint density at radius 2 is 1.75 bits per heavy atom. The Hall–Kier alpha value is -2.09. The third-order valence-corrected chi connectivity index (χ3v) is 2.34. The fraction of sp³-hybridized carbons (Fsp3) is 0.0714. The fourth-order valence-corrected chi connectivity index (χ4v) is 1.50. The zero-order chi connectivity index (χ0) is 11.2. The first-order chi connectivity index (χ1) is 7.90. The van der Waals surface area contributed by atoms with Crippen LogP contribution in [-0.4, -0.2) is 7.11 Å². The summed E-state index contributed by atoms with van der Waals surface area (Å²) >= 11 is 0. The maximum absolute atomic E-state index is 5.28. The molecule has 16 heavy (non-hydrogen) atoms. The van der Waals surface area contributed by atoms with E-state index in [-0.39, 0.29) is 0 Å². The van der Waals surface area contributed by atoms with Gasteiger partial charge in [-0.2, -0.15) is 0 Å². The molecule has 0 aliphatic rings. The molecule has 0 aliphatic carbocycles. The van der Waals surface area contributed by atoms with Crippen LogP contribution in [-0.2, 0) is 0 Å². The van der Waals surface area contributed by atoms with E-state index in [0.717, 1.165) is 16.9 Å². The Balaban J connectivity index is 2.24. The average molecular weight is 212 g/mol. The molecule has 0 radical (unpaired) electrons. The molecule has 2 nitrogen and oxygen atoms in total. The maximum atomic E-state index is 5.28. The monoisotopic (exact) mass is 212 g/mol. The SMILES string of the molecule is COc1ccccc1/C=C/c1cc[nH+]cc1. The second kappa shape index (κ2) is 5.12. The van der Waals surface area contributed by atoms with E-state index < -0.39 is 0 Å². The summed E-state index contributed by atoms with van der Waals surface area (Å²) in [6, 6.07) is 12.0. The van der Waals surface area contributed by atoms with Crippen LogP contribution in [0.2, 0.25) is 0 Å². The van der Waals surface area contributed by atoms with Gasteiger partial charge in [0.1, 0.15) is 5.75 Å². The van der Waals surface area contributed by atoms with Crippen LogP contribution >= 0.6 is 0 Å². The third kappa shape index (κ3) is 2.48. The predicted molar refractivity (Wildman–Crippen MR) is 64.9 cm³/mol. The van der Waals surface area contributed by atoms with E-state index in [9.17, 15) is 0 Å². The van der Waals surface area contributed by atoms with Crippen molar-refractivity contribution in [1.82, 2.24) is 0 Å². The number of H-pyrrole nitrogens is 1. The van der Waals surface area contributed by atoms with Crippen molar-refractivity contribution in [2.45, 2.75) is 0 Å². The number of aromatic amines is 1. The maximum Gasteiger partial charge on any atom is 0.167 e. The molecule has 0 saturated heterocycles. The second-order valence-electron chi connectivity index (χ2n) is 3.41. The molecule has 2 aromatic rings. The van der Waals surface area contributed by atoms with Gasteiger partial charge in [0, 0.05) is 17.7 Å². The molecule has 0 fully saturated rings. The van der Waals surface area contributed by atoms with Gasteiger partial charge >= 0.3 is 0 Å². The lowest BCUT2D eigenvalue weighted by Gasteiger charge is -2.02. The van der Waals surface area contributed by atoms with Gasteiger partial charge in [-0.15, -0.1) is 0 Å². The molecule has 2 rings (SSSR count). The van der Waals surface area contributed by atoms with Gasteiger partial charge in [0.15, 0.2) is 12.4 Å². The van der Waals surface area contributed by atoms with Crippen LogP contribution in [0.5, 0.6) is 5.75 Å². The van der Waals surface area contributed by atoms with Crippen molar-refractivity contribution in [3.63, 3.8) is 0 Å². The molecule has 80 valence electrons. The summed E-state index contributed by atoms with van der Waals surface area (Å²) in [5.41, 5.74) is 2.24. The first-order valence-electron chi connectivity index (χ1n) is 5.17. The van der Waals surface area contributed by atoms with Crippen molar-refractivity contribution < 1.29 is 9.72 Å². The van der Waals surface area contributed by atoms with E-state index in [1.807, 2.05) is 54.9 Å². The van der Waals surface area contributed by atoms with E-state index in [4.69, 9.17) is 4.74 Å². The number of hydrogen-bond acceptors (Lipinski definition) is 1. The highest BCUT2D eigenvalue weighted by molar-refractivity contribution is 5.72. The topological polar surface area (TPSA) is 23.4 Å². The van der Waals surface area contributed by atoms with Gasteiger partial charge in [-0.1, -0.05) is 30.4 Å². The van der Waals surface area contributed by atoms with Crippen LogP contribution in [0.3, 0.4) is 0 Å². The molecule has 0 atom stereocenters. The molecule has 0 saturated carbocycles. The summed E-state index contributed by atoms with van der Waals surface area (Å²) in [5.74, 6) is 0.890. The van der Waals surface area contributed by atoms with Gasteiger partial charge in [0.05, 0.1) is 7.11 Å². The van der Waals surface area contributed by atoms with Crippen LogP contribution in [0.15, 0.2) is 48.8 Å². The number of benzene rings is 1. The second-order valence-corrected chi connectivity index (χ2v) is 3.41. The normalized spacial score (nSPS) is 10.6. The number of hydrogen-bond donors (Lipinski definition) is 0. The van der Waals surface area contributed by atoms with Crippen molar-refractivity contribution in [3.8, 4) is 5.75 Å². The number of rotatable bonds is 3. The van der Waals surface area contributed by atoms with Gasteiger partial charge in [-0.3, -0.25) is 0 Å². The van der Waals surface area contributed by atoms with Crippen molar-refractivity contribution in [2.24, 2.45) is 0 Å². The molecule has 2 heteroatoms. The molecule has 0 spiro atoms. The molecule has 0 bridgehead atoms. The Bertz CT molecular complexity index is 477. The number of pyridine rings is 1. The minimum Gasteiger partial charge on any atom is -0.496 e. The first-order valence-corrected chi connectivity index (χ1v) is 5.17. The van der Waals surface area contributed by atoms with Crippen molar-refractivity contribution >= 4 is 12.2 Å². The molecule has 0 aliphatic heterocycles. The largest absolute Gasteiger partial charge is 0.496 e. The first kappa shape index (κ1) is 10.4. The lowest BCUT2D eigenvalue weighted by Crippen LogP contribution is -1.96. The van der Waals surface area contributed by atoms with E-state index in [0.29, 0.717) is 0 Å². The molecule has 1 heterocycles. The summed E-state index contributed by atoms with van der Waals surface area (Å²) in [7, 11) is 1.68. The molecule has 1 N–H and O–H groups in total. The Morgan fingerprint density at radius 1 is 1.00 bits per heavy atom. The molecule has 1 aromatic heterocycles. The smallest absolute Gasteiger partial charge is 0.167 e. The summed E-state index contributed by atoms with van der Waals surface area (Å²) in [5, 5.41) is 0. The molecular formula is C14H14NO+. The van der Waals surface area contributed by atoms with E-state index >= 15 is 0 Å². The standard InChI is InChI=1S/C14H13NO/c1-16-14-5-3-2-4-13(14)7-6-12-8-10-15-11-9-12/h2-11H,1H3/p+1/b7-6+. The Kier molecular flexibility index (Phi) is 3.34. The molecular weight excluding hydrogens is 198 g/mol. The number of para-hydroxylation sites is 1. The predicted octanol–water partition coefficient (Wildman–Crippen LogP) is 2.68. The minimum atomic E-state index is 0.890. The minimum absolute atomic E-state index is 0.890. The zero-order valence-electron chi connectivity index (χ0n) is 9.18. The van der Waals surface area contributed by atoms with Crippen molar-refractivity contribution in [3.05, 3.63) is 59.9 Å². The fourth-order valence-electron chi connectivity index (χ4n) is 1.50. The number of methoxy groups -OCH3 is 1. The van der Waals surface area contributed by atoms with Crippen LogP contribution in [0.4, 0.5) is 0 Å². The van der Waals surface area contributed by atoms with Crippen LogP contribution in [0, 0.1) is 0 Å². The van der Waals surface area contributed by atoms with E-state index in [1.54, 1.807) is 7.11 Å². The van der Waals surface area contributed by atoms with Gasteiger partial charge in [-0.05, 0) is 11.6 Å². The highest BCUT2D eigenvalue weighted by Crippen LogP contribution is 2.19.